The van der Waals surface area contributed by atoms with Crippen LogP contribution in [0.2, 0.25) is 5.02 Å². The predicted octanol–water partition coefficient (Wildman–Crippen LogP) is 3.73. The van der Waals surface area contributed by atoms with E-state index in [1.54, 1.807) is 18.2 Å². The van der Waals surface area contributed by atoms with Gasteiger partial charge in [-0.25, -0.2) is 0 Å². The van der Waals surface area contributed by atoms with Gasteiger partial charge in [-0.2, -0.15) is 5.26 Å². The minimum Gasteiger partial charge on any atom is -0.375 e. The molecule has 2 aromatic carbocycles. The van der Waals surface area contributed by atoms with E-state index in [1.165, 1.54) is 6.07 Å². The molecule has 0 unspecified atom stereocenters. The molecular formula is C14H10ClN3O2. The zero-order chi connectivity index (χ0) is 14.5. The number of nitrogens with zero attached hydrogens (tertiary/aromatic N) is 2. The van der Waals surface area contributed by atoms with Crippen LogP contribution in [0.3, 0.4) is 0 Å². The lowest BCUT2D eigenvalue weighted by Crippen LogP contribution is -2.04. The molecule has 0 aliphatic carbocycles. The summed E-state index contributed by atoms with van der Waals surface area (Å²) in [7, 11) is 0. The van der Waals surface area contributed by atoms with Crippen LogP contribution in [-0.4, -0.2) is 4.92 Å². The third-order valence-electron chi connectivity index (χ3n) is 2.77. The van der Waals surface area contributed by atoms with Crippen LogP contribution < -0.4 is 5.32 Å². The summed E-state index contributed by atoms with van der Waals surface area (Å²) < 4.78 is 0. The Balaban J connectivity index is 2.29. The molecule has 20 heavy (non-hydrogen) atoms. The molecule has 0 spiro atoms. The van der Waals surface area contributed by atoms with E-state index in [-0.39, 0.29) is 11.3 Å². The summed E-state index contributed by atoms with van der Waals surface area (Å²) in [6.45, 7) is 0.343. The normalized spacial score (nSPS) is 9.80. The third-order valence-corrected chi connectivity index (χ3v) is 3.13. The van der Waals surface area contributed by atoms with Crippen molar-refractivity contribution < 1.29 is 4.92 Å². The van der Waals surface area contributed by atoms with Gasteiger partial charge in [-0.1, -0.05) is 35.9 Å². The maximum absolute atomic E-state index is 11.1. The van der Waals surface area contributed by atoms with E-state index in [2.05, 4.69) is 5.32 Å². The summed E-state index contributed by atoms with van der Waals surface area (Å²) in [6, 6.07) is 13.6. The second kappa shape index (κ2) is 6.04. The van der Waals surface area contributed by atoms with Crippen molar-refractivity contribution in [1.82, 2.24) is 0 Å². The van der Waals surface area contributed by atoms with Crippen LogP contribution in [-0.2, 0) is 6.54 Å². The molecule has 5 nitrogen and oxygen atoms in total. The lowest BCUT2D eigenvalue weighted by atomic mass is 10.1. The molecular weight excluding hydrogens is 278 g/mol. The summed E-state index contributed by atoms with van der Waals surface area (Å²) in [4.78, 5) is 10.5. The monoisotopic (exact) mass is 287 g/mol. The number of hydrogen-bond acceptors (Lipinski definition) is 4. The van der Waals surface area contributed by atoms with Crippen LogP contribution in [0.4, 0.5) is 11.4 Å². The van der Waals surface area contributed by atoms with Gasteiger partial charge in [0.2, 0.25) is 0 Å². The molecule has 6 heteroatoms. The first-order valence-electron chi connectivity index (χ1n) is 5.78. The van der Waals surface area contributed by atoms with Crippen molar-refractivity contribution in [2.45, 2.75) is 6.54 Å². The van der Waals surface area contributed by atoms with Crippen molar-refractivity contribution in [2.24, 2.45) is 0 Å². The molecule has 0 aromatic heterocycles. The van der Waals surface area contributed by atoms with Crippen LogP contribution in [0, 0.1) is 21.4 Å². The van der Waals surface area contributed by atoms with Crippen molar-refractivity contribution in [3.63, 3.8) is 0 Å². The Morgan fingerprint density at radius 2 is 2.00 bits per heavy atom. The number of hydrogen-bond donors (Lipinski definition) is 1. The Bertz CT molecular complexity index is 695. The number of nitro benzene ring substituents is 1. The van der Waals surface area contributed by atoms with Crippen LogP contribution in [0.15, 0.2) is 42.5 Å². The Labute approximate surface area is 120 Å². The summed E-state index contributed by atoms with van der Waals surface area (Å²) in [5, 5.41) is 23.5. The standard InChI is InChI=1S/C14H10ClN3O2/c15-12-6-2-1-4-11(12)9-17-13-7-3-5-10(8-16)14(13)18(19)20/h1-7,17H,9H2. The summed E-state index contributed by atoms with van der Waals surface area (Å²) >= 11 is 6.03. The number of nitro groups is 1. The van der Waals surface area contributed by atoms with E-state index >= 15 is 0 Å². The third kappa shape index (κ3) is 2.87. The van der Waals surface area contributed by atoms with Crippen molar-refractivity contribution in [1.29, 1.82) is 5.26 Å². The number of para-hydroxylation sites is 1. The van der Waals surface area contributed by atoms with E-state index in [1.807, 2.05) is 24.3 Å². The number of halogens is 1. The number of anilines is 1. The van der Waals surface area contributed by atoms with Gasteiger partial charge in [0, 0.05) is 11.6 Å². The number of nitrogens with one attached hydrogen (secondary N) is 1. The molecule has 0 bridgehead atoms. The molecule has 0 saturated carbocycles. The second-order valence-corrected chi connectivity index (χ2v) is 4.42. The second-order valence-electron chi connectivity index (χ2n) is 4.02. The van der Waals surface area contributed by atoms with E-state index in [0.29, 0.717) is 17.3 Å². The largest absolute Gasteiger partial charge is 0.375 e. The maximum atomic E-state index is 11.1. The van der Waals surface area contributed by atoms with E-state index in [4.69, 9.17) is 16.9 Å². The van der Waals surface area contributed by atoms with E-state index in [0.717, 1.165) is 5.56 Å². The summed E-state index contributed by atoms with van der Waals surface area (Å²) in [6.07, 6.45) is 0. The molecule has 1 N–H and O–H groups in total. The van der Waals surface area contributed by atoms with Gasteiger partial charge in [-0.3, -0.25) is 10.1 Å². The molecule has 100 valence electrons. The van der Waals surface area contributed by atoms with Crippen LogP contribution in [0.1, 0.15) is 11.1 Å². The quantitative estimate of drug-likeness (QED) is 0.686. The zero-order valence-electron chi connectivity index (χ0n) is 10.3. The minimum atomic E-state index is -0.562. The topological polar surface area (TPSA) is 79.0 Å². The first kappa shape index (κ1) is 13.8. The molecule has 2 aromatic rings. The molecule has 0 aliphatic heterocycles. The zero-order valence-corrected chi connectivity index (χ0v) is 11.1. The van der Waals surface area contributed by atoms with Crippen molar-refractivity contribution >= 4 is 23.0 Å². The van der Waals surface area contributed by atoms with Gasteiger partial charge in [-0.15, -0.1) is 0 Å². The fourth-order valence-corrected chi connectivity index (χ4v) is 2.01. The SMILES string of the molecule is N#Cc1cccc(NCc2ccccc2Cl)c1[N+](=O)[O-]. The smallest absolute Gasteiger partial charge is 0.309 e. The first-order chi connectivity index (χ1) is 9.63. The van der Waals surface area contributed by atoms with Gasteiger partial charge >= 0.3 is 5.69 Å². The Morgan fingerprint density at radius 1 is 1.25 bits per heavy atom. The predicted molar refractivity (Wildman–Crippen MR) is 76.6 cm³/mol. The minimum absolute atomic E-state index is 0.0270. The highest BCUT2D eigenvalue weighted by Crippen LogP contribution is 2.29. The van der Waals surface area contributed by atoms with Crippen molar-refractivity contribution in [3.8, 4) is 6.07 Å². The summed E-state index contributed by atoms with van der Waals surface area (Å²) in [5.74, 6) is 0. The van der Waals surface area contributed by atoms with Gasteiger partial charge in [0.15, 0.2) is 0 Å². The van der Waals surface area contributed by atoms with Crippen molar-refractivity contribution in [3.05, 3.63) is 68.7 Å². The number of rotatable bonds is 4. The molecule has 2 rings (SSSR count). The number of nitriles is 1. The van der Waals surface area contributed by atoms with Crippen LogP contribution >= 0.6 is 11.6 Å². The lowest BCUT2D eigenvalue weighted by molar-refractivity contribution is -0.384. The average Bonchev–Trinajstić information content (AvgIpc) is 2.45. The summed E-state index contributed by atoms with van der Waals surface area (Å²) in [5.41, 5.74) is 0.931. The molecule has 0 heterocycles. The lowest BCUT2D eigenvalue weighted by Gasteiger charge is -2.09. The Kier molecular flexibility index (Phi) is 4.18. The van der Waals surface area contributed by atoms with Crippen LogP contribution in [0.25, 0.3) is 0 Å². The van der Waals surface area contributed by atoms with Gasteiger partial charge in [0.1, 0.15) is 17.3 Å². The van der Waals surface area contributed by atoms with Gasteiger partial charge in [0.05, 0.1) is 4.92 Å². The molecule has 0 amide bonds. The highest BCUT2D eigenvalue weighted by Gasteiger charge is 2.19. The molecule has 0 aliphatic rings. The maximum Gasteiger partial charge on any atom is 0.309 e. The highest BCUT2D eigenvalue weighted by atomic mass is 35.5. The molecule has 0 radical (unpaired) electrons. The Hall–Kier alpha value is -2.58. The van der Waals surface area contributed by atoms with Gasteiger partial charge in [-0.05, 0) is 23.8 Å². The van der Waals surface area contributed by atoms with Crippen LogP contribution in [0.5, 0.6) is 0 Å². The fraction of sp³-hybridized carbons (Fsp3) is 0.0714. The van der Waals surface area contributed by atoms with Gasteiger partial charge < -0.3 is 5.32 Å². The molecule has 0 fully saturated rings. The van der Waals surface area contributed by atoms with E-state index in [9.17, 15) is 10.1 Å². The average molecular weight is 288 g/mol. The fourth-order valence-electron chi connectivity index (χ4n) is 1.81. The highest BCUT2D eigenvalue weighted by molar-refractivity contribution is 6.31. The molecule has 0 saturated heterocycles. The van der Waals surface area contributed by atoms with Crippen molar-refractivity contribution in [2.75, 3.05) is 5.32 Å². The first-order valence-corrected chi connectivity index (χ1v) is 6.16. The molecule has 0 atom stereocenters. The van der Waals surface area contributed by atoms with E-state index < -0.39 is 4.92 Å². The number of benzene rings is 2. The Morgan fingerprint density at radius 3 is 2.65 bits per heavy atom. The van der Waals surface area contributed by atoms with Gasteiger partial charge in [0.25, 0.3) is 0 Å².